The smallest absolute Gasteiger partial charge is 0.387 e. The third kappa shape index (κ3) is 1.93. The molecule has 0 aliphatic rings. The maximum Gasteiger partial charge on any atom is 0.387 e. The van der Waals surface area contributed by atoms with Crippen molar-refractivity contribution in [2.75, 3.05) is 0 Å². The van der Waals surface area contributed by atoms with Crippen molar-refractivity contribution < 1.29 is 22.3 Å². The quantitative estimate of drug-likeness (QED) is 0.694. The van der Waals surface area contributed by atoms with Crippen molar-refractivity contribution in [2.24, 2.45) is 0 Å². The Morgan fingerprint density at radius 3 is 2.36 bits per heavy atom. The van der Waals surface area contributed by atoms with E-state index in [2.05, 4.69) is 4.74 Å². The number of benzene rings is 1. The number of ether oxygens (including phenoxy) is 1. The van der Waals surface area contributed by atoms with Crippen molar-refractivity contribution in [3.8, 4) is 11.8 Å². The first-order valence-corrected chi connectivity index (χ1v) is 3.39. The van der Waals surface area contributed by atoms with Gasteiger partial charge >= 0.3 is 6.61 Å². The van der Waals surface area contributed by atoms with E-state index < -0.39 is 29.6 Å². The summed E-state index contributed by atoms with van der Waals surface area (Å²) < 4.78 is 52.6. The van der Waals surface area contributed by atoms with Crippen molar-refractivity contribution in [2.45, 2.75) is 6.61 Å². The van der Waals surface area contributed by atoms with Crippen LogP contribution in [0, 0.1) is 23.0 Å². The van der Waals surface area contributed by atoms with E-state index in [-0.39, 0.29) is 0 Å². The molecule has 0 aromatic heterocycles. The van der Waals surface area contributed by atoms with Gasteiger partial charge in [-0.3, -0.25) is 0 Å². The summed E-state index contributed by atoms with van der Waals surface area (Å²) >= 11 is 0. The Hall–Kier alpha value is -1.77. The van der Waals surface area contributed by atoms with Crippen LogP contribution in [0.4, 0.5) is 17.6 Å². The third-order valence-corrected chi connectivity index (χ3v) is 1.38. The molecule has 0 radical (unpaired) electrons. The minimum absolute atomic E-state index is 0.566. The second kappa shape index (κ2) is 3.96. The van der Waals surface area contributed by atoms with Crippen LogP contribution in [0.5, 0.6) is 5.75 Å². The van der Waals surface area contributed by atoms with Crippen LogP contribution in [0.1, 0.15) is 5.56 Å². The second-order valence-electron chi connectivity index (χ2n) is 2.23. The van der Waals surface area contributed by atoms with Gasteiger partial charge in [0.25, 0.3) is 0 Å². The third-order valence-electron chi connectivity index (χ3n) is 1.38. The molecule has 0 unspecified atom stereocenters. The zero-order chi connectivity index (χ0) is 10.7. The average molecular weight is 205 g/mol. The van der Waals surface area contributed by atoms with Gasteiger partial charge in [-0.1, -0.05) is 0 Å². The normalized spacial score (nSPS) is 10.0. The first kappa shape index (κ1) is 10.3. The highest BCUT2D eigenvalue weighted by Crippen LogP contribution is 2.23. The molecule has 0 amide bonds. The minimum Gasteiger partial charge on any atom is -0.432 e. The van der Waals surface area contributed by atoms with Crippen LogP contribution < -0.4 is 4.74 Å². The van der Waals surface area contributed by atoms with Crippen LogP contribution >= 0.6 is 0 Å². The minimum atomic E-state index is -3.24. The van der Waals surface area contributed by atoms with E-state index in [0.29, 0.717) is 0 Å². The predicted octanol–water partition coefficient (Wildman–Crippen LogP) is 2.44. The Labute approximate surface area is 76.3 Å². The molecule has 0 aliphatic carbocycles. The molecule has 1 aromatic carbocycles. The van der Waals surface area contributed by atoms with E-state index in [1.54, 1.807) is 0 Å². The molecule has 1 aromatic rings. The molecule has 0 heterocycles. The summed E-state index contributed by atoms with van der Waals surface area (Å²) in [6.07, 6.45) is 0. The highest BCUT2D eigenvalue weighted by Gasteiger charge is 2.16. The first-order chi connectivity index (χ1) is 6.56. The summed E-state index contributed by atoms with van der Waals surface area (Å²) in [6, 6.07) is 2.98. The van der Waals surface area contributed by atoms with Crippen molar-refractivity contribution in [1.82, 2.24) is 0 Å². The molecule has 0 saturated carbocycles. The van der Waals surface area contributed by atoms with Crippen LogP contribution in [0.25, 0.3) is 0 Å². The fourth-order valence-corrected chi connectivity index (χ4v) is 0.805. The van der Waals surface area contributed by atoms with E-state index in [4.69, 9.17) is 5.26 Å². The van der Waals surface area contributed by atoms with Gasteiger partial charge in [0.15, 0.2) is 11.6 Å². The fraction of sp³-hybridized carbons (Fsp3) is 0.125. The number of rotatable bonds is 2. The van der Waals surface area contributed by atoms with Crippen molar-refractivity contribution in [1.29, 1.82) is 5.26 Å². The number of hydrogen-bond acceptors (Lipinski definition) is 2. The predicted molar refractivity (Wildman–Crippen MR) is 37.7 cm³/mol. The largest absolute Gasteiger partial charge is 0.432 e. The topological polar surface area (TPSA) is 33.0 Å². The van der Waals surface area contributed by atoms with E-state index in [0.717, 1.165) is 12.1 Å². The van der Waals surface area contributed by atoms with Gasteiger partial charge in [-0.05, 0) is 12.1 Å². The molecule has 0 saturated heterocycles. The highest BCUT2D eigenvalue weighted by molar-refractivity contribution is 5.37. The molecule has 0 atom stereocenters. The molecule has 0 N–H and O–H groups in total. The first-order valence-electron chi connectivity index (χ1n) is 3.39. The van der Waals surface area contributed by atoms with Gasteiger partial charge in [-0.2, -0.15) is 18.4 Å². The van der Waals surface area contributed by atoms with Crippen molar-refractivity contribution in [3.05, 3.63) is 29.3 Å². The van der Waals surface area contributed by atoms with Gasteiger partial charge in [0, 0.05) is 0 Å². The standard InChI is InChI=1S/C8H3F4NO/c9-6-4(3-13)1-2-5(7(6)10)14-8(11)12/h1-2,8H. The van der Waals surface area contributed by atoms with Gasteiger partial charge in [0.2, 0.25) is 5.82 Å². The molecule has 0 bridgehead atoms. The Balaban J connectivity index is 3.12. The van der Waals surface area contributed by atoms with Gasteiger partial charge in [0.05, 0.1) is 5.56 Å². The van der Waals surface area contributed by atoms with Crippen LogP contribution in [-0.2, 0) is 0 Å². The Morgan fingerprint density at radius 1 is 1.21 bits per heavy atom. The van der Waals surface area contributed by atoms with E-state index in [1.165, 1.54) is 6.07 Å². The zero-order valence-corrected chi connectivity index (χ0v) is 6.60. The maximum absolute atomic E-state index is 12.8. The van der Waals surface area contributed by atoms with Crippen LogP contribution in [-0.4, -0.2) is 6.61 Å². The number of nitriles is 1. The molecule has 1 rings (SSSR count). The van der Waals surface area contributed by atoms with Gasteiger partial charge in [-0.15, -0.1) is 0 Å². The average Bonchev–Trinajstić information content (AvgIpc) is 2.13. The second-order valence-corrected chi connectivity index (χ2v) is 2.23. The summed E-state index contributed by atoms with van der Waals surface area (Å²) in [5.74, 6) is -4.01. The molecular weight excluding hydrogens is 202 g/mol. The molecule has 2 nitrogen and oxygen atoms in total. The number of alkyl halides is 2. The Bertz CT molecular complexity index is 386. The van der Waals surface area contributed by atoms with Crippen LogP contribution in [0.3, 0.4) is 0 Å². The van der Waals surface area contributed by atoms with Crippen molar-refractivity contribution in [3.63, 3.8) is 0 Å². The molecule has 0 aliphatic heterocycles. The highest BCUT2D eigenvalue weighted by atomic mass is 19.3. The summed E-state index contributed by atoms with van der Waals surface area (Å²) in [4.78, 5) is 0. The summed E-state index contributed by atoms with van der Waals surface area (Å²) in [6.45, 7) is -3.24. The van der Waals surface area contributed by atoms with Gasteiger partial charge < -0.3 is 4.74 Å². The SMILES string of the molecule is N#Cc1ccc(OC(F)F)c(F)c1F. The Morgan fingerprint density at radius 2 is 1.86 bits per heavy atom. The molecule has 6 heteroatoms. The van der Waals surface area contributed by atoms with E-state index in [1.807, 2.05) is 0 Å². The summed E-state index contributed by atoms with van der Waals surface area (Å²) in [5.41, 5.74) is -0.566. The lowest BCUT2D eigenvalue weighted by atomic mass is 10.2. The van der Waals surface area contributed by atoms with Crippen LogP contribution in [0.2, 0.25) is 0 Å². The number of halogens is 4. The summed E-state index contributed by atoms with van der Waals surface area (Å²) in [7, 11) is 0. The van der Waals surface area contributed by atoms with Crippen molar-refractivity contribution >= 4 is 0 Å². The van der Waals surface area contributed by atoms with E-state index >= 15 is 0 Å². The molecule has 0 fully saturated rings. The fourth-order valence-electron chi connectivity index (χ4n) is 0.805. The van der Waals surface area contributed by atoms with Gasteiger partial charge in [-0.25, -0.2) is 4.39 Å². The maximum atomic E-state index is 12.8. The molecule has 0 spiro atoms. The Kier molecular flexibility index (Phi) is 2.92. The molecule has 14 heavy (non-hydrogen) atoms. The van der Waals surface area contributed by atoms with E-state index in [9.17, 15) is 17.6 Å². The molecule has 74 valence electrons. The van der Waals surface area contributed by atoms with Crippen LogP contribution in [0.15, 0.2) is 12.1 Å². The zero-order valence-electron chi connectivity index (χ0n) is 6.60. The van der Waals surface area contributed by atoms with Gasteiger partial charge in [0.1, 0.15) is 6.07 Å². The number of nitrogens with zero attached hydrogens (tertiary/aromatic N) is 1. The summed E-state index contributed by atoms with van der Waals surface area (Å²) in [5, 5.41) is 8.27. The lowest BCUT2D eigenvalue weighted by molar-refractivity contribution is -0.0525. The molecular formula is C8H3F4NO. The lowest BCUT2D eigenvalue weighted by Gasteiger charge is -2.05. The monoisotopic (exact) mass is 205 g/mol. The lowest BCUT2D eigenvalue weighted by Crippen LogP contribution is -2.05. The number of hydrogen-bond donors (Lipinski definition) is 0.